The van der Waals surface area contributed by atoms with E-state index in [1.807, 2.05) is 0 Å². The first-order valence-corrected chi connectivity index (χ1v) is 7.16. The van der Waals surface area contributed by atoms with Crippen molar-refractivity contribution in [2.24, 2.45) is 0 Å². The second-order valence-corrected chi connectivity index (χ2v) is 6.87. The van der Waals surface area contributed by atoms with Crippen molar-refractivity contribution in [1.82, 2.24) is 5.32 Å². The molecule has 0 saturated heterocycles. The van der Waals surface area contributed by atoms with E-state index in [0.29, 0.717) is 0 Å². The fourth-order valence-electron chi connectivity index (χ4n) is 1.17. The van der Waals surface area contributed by atoms with Gasteiger partial charge in [0.2, 0.25) is 0 Å². The van der Waals surface area contributed by atoms with Crippen molar-refractivity contribution in [3.8, 4) is 0 Å². The van der Waals surface area contributed by atoms with Gasteiger partial charge in [0.05, 0.1) is 0 Å². The highest BCUT2D eigenvalue weighted by molar-refractivity contribution is 7.52. The fourth-order valence-corrected chi connectivity index (χ4v) is 1.97. The van der Waals surface area contributed by atoms with Gasteiger partial charge < -0.3 is 14.7 Å². The van der Waals surface area contributed by atoms with Crippen molar-refractivity contribution in [3.05, 3.63) is 0 Å². The Morgan fingerprint density at radius 3 is 2.33 bits per heavy atom. The molecule has 5 heteroatoms. The standard InChI is InChI=1S/C10H24NO3P/c1-10(2,3)11-8-6-5-7-9-15(12,13)14-4/h11H,5-9H2,1-4H3,(H,12,13). The number of unbranched alkanes of at least 4 members (excludes halogenated alkanes) is 2. The van der Waals surface area contributed by atoms with E-state index in [9.17, 15) is 4.57 Å². The van der Waals surface area contributed by atoms with Gasteiger partial charge in [-0.25, -0.2) is 0 Å². The van der Waals surface area contributed by atoms with Crippen LogP contribution in [0.1, 0.15) is 40.0 Å². The van der Waals surface area contributed by atoms with E-state index in [4.69, 9.17) is 4.89 Å². The summed E-state index contributed by atoms with van der Waals surface area (Å²) in [4.78, 5) is 9.13. The Morgan fingerprint density at radius 2 is 1.87 bits per heavy atom. The summed E-state index contributed by atoms with van der Waals surface area (Å²) in [6.45, 7) is 7.33. The largest absolute Gasteiger partial charge is 0.327 e. The van der Waals surface area contributed by atoms with E-state index < -0.39 is 7.60 Å². The molecule has 0 aliphatic carbocycles. The lowest BCUT2D eigenvalue weighted by molar-refractivity contribution is 0.314. The van der Waals surface area contributed by atoms with Crippen LogP contribution in [0.3, 0.4) is 0 Å². The van der Waals surface area contributed by atoms with E-state index >= 15 is 0 Å². The summed E-state index contributed by atoms with van der Waals surface area (Å²) in [5.41, 5.74) is 0.152. The van der Waals surface area contributed by atoms with E-state index in [-0.39, 0.29) is 11.7 Å². The van der Waals surface area contributed by atoms with Gasteiger partial charge in [-0.1, -0.05) is 6.42 Å². The molecule has 0 rings (SSSR count). The van der Waals surface area contributed by atoms with Crippen molar-refractivity contribution in [1.29, 1.82) is 0 Å². The van der Waals surface area contributed by atoms with Gasteiger partial charge in [-0.15, -0.1) is 0 Å². The molecule has 0 heterocycles. The third kappa shape index (κ3) is 10.4. The lowest BCUT2D eigenvalue weighted by Crippen LogP contribution is -2.36. The van der Waals surface area contributed by atoms with E-state index in [0.717, 1.165) is 25.8 Å². The van der Waals surface area contributed by atoms with Crippen LogP contribution in [-0.4, -0.2) is 30.2 Å². The summed E-state index contributed by atoms with van der Waals surface area (Å²) in [5, 5.41) is 3.37. The van der Waals surface area contributed by atoms with Crippen LogP contribution in [0.4, 0.5) is 0 Å². The van der Waals surface area contributed by atoms with Crippen molar-refractivity contribution in [2.45, 2.75) is 45.6 Å². The highest BCUT2D eigenvalue weighted by atomic mass is 31.2. The van der Waals surface area contributed by atoms with Crippen LogP contribution in [0, 0.1) is 0 Å². The van der Waals surface area contributed by atoms with Crippen LogP contribution in [0.2, 0.25) is 0 Å². The first-order chi connectivity index (χ1) is 6.77. The molecule has 0 aromatic heterocycles. The summed E-state index contributed by atoms with van der Waals surface area (Å²) >= 11 is 0. The van der Waals surface area contributed by atoms with E-state index in [1.165, 1.54) is 7.11 Å². The Bertz CT molecular complexity index is 213. The summed E-state index contributed by atoms with van der Waals surface area (Å²) in [5.74, 6) is 0. The Morgan fingerprint density at radius 1 is 1.27 bits per heavy atom. The zero-order valence-electron chi connectivity index (χ0n) is 10.2. The van der Waals surface area contributed by atoms with Crippen LogP contribution in [0.5, 0.6) is 0 Å². The lowest BCUT2D eigenvalue weighted by atomic mass is 10.1. The van der Waals surface area contributed by atoms with Gasteiger partial charge in [0.1, 0.15) is 0 Å². The van der Waals surface area contributed by atoms with E-state index in [1.54, 1.807) is 0 Å². The maximum Gasteiger partial charge on any atom is 0.327 e. The van der Waals surface area contributed by atoms with Crippen molar-refractivity contribution in [3.63, 3.8) is 0 Å². The summed E-state index contributed by atoms with van der Waals surface area (Å²) in [6, 6.07) is 0. The van der Waals surface area contributed by atoms with Crippen LogP contribution in [0.15, 0.2) is 0 Å². The molecule has 0 aliphatic rings. The molecule has 0 bridgehead atoms. The first-order valence-electron chi connectivity index (χ1n) is 5.39. The van der Waals surface area contributed by atoms with Crippen LogP contribution >= 0.6 is 7.60 Å². The number of hydrogen-bond donors (Lipinski definition) is 2. The smallest absolute Gasteiger partial charge is 0.324 e. The molecule has 4 nitrogen and oxygen atoms in total. The number of nitrogens with one attached hydrogen (secondary N) is 1. The molecule has 0 saturated carbocycles. The van der Waals surface area contributed by atoms with Gasteiger partial charge in [-0.05, 0) is 40.2 Å². The van der Waals surface area contributed by atoms with Gasteiger partial charge in [0, 0.05) is 18.8 Å². The maximum absolute atomic E-state index is 11.1. The lowest BCUT2D eigenvalue weighted by Gasteiger charge is -2.20. The van der Waals surface area contributed by atoms with Gasteiger partial charge in [-0.3, -0.25) is 4.57 Å². The van der Waals surface area contributed by atoms with Crippen molar-refractivity contribution in [2.75, 3.05) is 19.8 Å². The third-order valence-electron chi connectivity index (χ3n) is 2.06. The van der Waals surface area contributed by atoms with Gasteiger partial charge >= 0.3 is 7.60 Å². The van der Waals surface area contributed by atoms with Crippen LogP contribution < -0.4 is 5.32 Å². The molecule has 2 N–H and O–H groups in total. The molecule has 0 spiro atoms. The molecule has 92 valence electrons. The highest BCUT2D eigenvalue weighted by Crippen LogP contribution is 2.41. The SMILES string of the molecule is COP(=O)(O)CCCCCNC(C)(C)C. The van der Waals surface area contributed by atoms with Crippen LogP contribution in [-0.2, 0) is 9.09 Å². The molecule has 0 aliphatic heterocycles. The highest BCUT2D eigenvalue weighted by Gasteiger charge is 2.15. The van der Waals surface area contributed by atoms with Gasteiger partial charge in [0.25, 0.3) is 0 Å². The van der Waals surface area contributed by atoms with Crippen molar-refractivity contribution >= 4 is 7.60 Å². The summed E-state index contributed by atoms with van der Waals surface area (Å²) < 4.78 is 15.6. The Balaban J connectivity index is 3.37. The average Bonchev–Trinajstić information content (AvgIpc) is 2.09. The average molecular weight is 237 g/mol. The molecule has 0 aromatic carbocycles. The number of rotatable bonds is 7. The topological polar surface area (TPSA) is 58.6 Å². The van der Waals surface area contributed by atoms with E-state index in [2.05, 4.69) is 30.6 Å². The maximum atomic E-state index is 11.1. The quantitative estimate of drug-likeness (QED) is 0.527. The minimum atomic E-state index is -3.27. The normalized spacial score (nSPS) is 16.3. The zero-order chi connectivity index (χ0) is 11.9. The minimum absolute atomic E-state index is 0.152. The predicted octanol–water partition coefficient (Wildman–Crippen LogP) is 2.38. The molecular weight excluding hydrogens is 213 g/mol. The molecule has 1 atom stereocenters. The molecular formula is C10H24NO3P. The second-order valence-electron chi connectivity index (χ2n) is 4.78. The summed E-state index contributed by atoms with van der Waals surface area (Å²) in [7, 11) is -2.00. The second kappa shape index (κ2) is 6.64. The summed E-state index contributed by atoms with van der Waals surface area (Å²) in [6.07, 6.45) is 2.99. The van der Waals surface area contributed by atoms with Crippen LogP contribution in [0.25, 0.3) is 0 Å². The minimum Gasteiger partial charge on any atom is -0.324 e. The van der Waals surface area contributed by atoms with Crippen molar-refractivity contribution < 1.29 is 14.0 Å². The van der Waals surface area contributed by atoms with Gasteiger partial charge in [-0.2, -0.15) is 0 Å². The molecule has 1 unspecified atom stereocenters. The zero-order valence-corrected chi connectivity index (χ0v) is 11.1. The predicted molar refractivity (Wildman–Crippen MR) is 63.3 cm³/mol. The third-order valence-corrected chi connectivity index (χ3v) is 3.51. The molecule has 15 heavy (non-hydrogen) atoms. The monoisotopic (exact) mass is 237 g/mol. The Kier molecular flexibility index (Phi) is 6.69. The Hall–Kier alpha value is 0.110. The molecule has 0 radical (unpaired) electrons. The Labute approximate surface area is 92.9 Å². The van der Waals surface area contributed by atoms with Gasteiger partial charge in [0.15, 0.2) is 0 Å². The molecule has 0 amide bonds. The number of hydrogen-bond acceptors (Lipinski definition) is 3. The molecule has 0 aromatic rings. The fraction of sp³-hybridized carbons (Fsp3) is 1.00. The first kappa shape index (κ1) is 15.1. The molecule has 0 fully saturated rings.